The van der Waals surface area contributed by atoms with E-state index in [0.717, 1.165) is 56.3 Å². The first kappa shape index (κ1) is 18.8. The van der Waals surface area contributed by atoms with Crippen molar-refractivity contribution in [2.45, 2.75) is 38.6 Å². The van der Waals surface area contributed by atoms with Crippen LogP contribution >= 0.6 is 0 Å². The Morgan fingerprint density at radius 2 is 1.96 bits per heavy atom. The van der Waals surface area contributed by atoms with Crippen LogP contribution in [0.5, 0.6) is 0 Å². The summed E-state index contributed by atoms with van der Waals surface area (Å²) in [6.45, 7) is 5.18. The van der Waals surface area contributed by atoms with Gasteiger partial charge in [-0.3, -0.25) is 4.79 Å². The van der Waals surface area contributed by atoms with Gasteiger partial charge in [-0.25, -0.2) is 20.0 Å². The van der Waals surface area contributed by atoms with Gasteiger partial charge < -0.3 is 10.6 Å². The number of rotatable bonds is 6. The van der Waals surface area contributed by atoms with E-state index < -0.39 is 0 Å². The van der Waals surface area contributed by atoms with Crippen molar-refractivity contribution in [1.29, 1.82) is 0 Å². The van der Waals surface area contributed by atoms with Crippen LogP contribution in [0.25, 0.3) is 0 Å². The van der Waals surface area contributed by atoms with E-state index in [1.165, 1.54) is 12.8 Å². The van der Waals surface area contributed by atoms with E-state index in [0.29, 0.717) is 11.6 Å². The van der Waals surface area contributed by atoms with Crippen LogP contribution in [0.1, 0.15) is 43.0 Å². The minimum Gasteiger partial charge on any atom is -0.382 e. The van der Waals surface area contributed by atoms with Gasteiger partial charge in [0, 0.05) is 50.7 Å². The van der Waals surface area contributed by atoms with Gasteiger partial charge in [0.15, 0.2) is 11.6 Å². The standard InChI is InChI=1S/C21H28N6O/c1-16(28)18-15-24-21(14-19(18)25-17-6-2-3-7-17)27(20-8-4-5-9-23-20)26-12-10-22-11-13-26/h4-5,8-9,14-15,17,22H,2-3,6-7,10-13H2,1H3,(H,24,25). The van der Waals surface area contributed by atoms with Crippen LogP contribution in [0.4, 0.5) is 17.3 Å². The van der Waals surface area contributed by atoms with Crippen molar-refractivity contribution in [2.75, 3.05) is 36.5 Å². The van der Waals surface area contributed by atoms with Crippen molar-refractivity contribution < 1.29 is 4.79 Å². The number of aromatic nitrogens is 2. The molecule has 0 atom stereocenters. The monoisotopic (exact) mass is 380 g/mol. The van der Waals surface area contributed by atoms with Crippen molar-refractivity contribution in [3.63, 3.8) is 0 Å². The van der Waals surface area contributed by atoms with Gasteiger partial charge in [-0.05, 0) is 31.9 Å². The topological polar surface area (TPSA) is 73.4 Å². The summed E-state index contributed by atoms with van der Waals surface area (Å²) < 4.78 is 0. The molecule has 2 aromatic rings. The molecule has 0 amide bonds. The second-order valence-corrected chi connectivity index (χ2v) is 7.47. The predicted octanol–water partition coefficient (Wildman–Crippen LogP) is 2.99. The first-order valence-corrected chi connectivity index (χ1v) is 10.2. The highest BCUT2D eigenvalue weighted by atomic mass is 16.1. The zero-order valence-electron chi connectivity index (χ0n) is 16.4. The second-order valence-electron chi connectivity index (χ2n) is 7.47. The van der Waals surface area contributed by atoms with E-state index in [2.05, 4.69) is 30.6 Å². The van der Waals surface area contributed by atoms with Crippen molar-refractivity contribution in [2.24, 2.45) is 0 Å². The second kappa shape index (κ2) is 8.67. The molecular weight excluding hydrogens is 352 g/mol. The van der Waals surface area contributed by atoms with Gasteiger partial charge in [0.1, 0.15) is 5.82 Å². The number of pyridine rings is 2. The highest BCUT2D eigenvalue weighted by Gasteiger charge is 2.24. The molecule has 0 bridgehead atoms. The number of Topliss-reactive ketones (excluding diaryl/α,β-unsaturated/α-hetero) is 1. The lowest BCUT2D eigenvalue weighted by molar-refractivity contribution is 0.101. The fourth-order valence-corrected chi connectivity index (χ4v) is 3.99. The molecule has 28 heavy (non-hydrogen) atoms. The van der Waals surface area contributed by atoms with Gasteiger partial charge >= 0.3 is 0 Å². The number of nitrogens with zero attached hydrogens (tertiary/aromatic N) is 4. The Hall–Kier alpha value is -2.51. The van der Waals surface area contributed by atoms with Crippen LogP contribution in [0.2, 0.25) is 0 Å². The van der Waals surface area contributed by atoms with Gasteiger partial charge in [0.05, 0.1) is 11.3 Å². The largest absolute Gasteiger partial charge is 0.382 e. The minimum absolute atomic E-state index is 0.0334. The molecule has 2 fully saturated rings. The summed E-state index contributed by atoms with van der Waals surface area (Å²) in [5.74, 6) is 1.65. The van der Waals surface area contributed by atoms with Gasteiger partial charge in [-0.15, -0.1) is 0 Å². The quantitative estimate of drug-likeness (QED) is 0.746. The average molecular weight is 380 g/mol. The molecule has 1 aliphatic heterocycles. The number of hydrogen-bond acceptors (Lipinski definition) is 7. The summed E-state index contributed by atoms with van der Waals surface area (Å²) >= 11 is 0. The van der Waals surface area contributed by atoms with Gasteiger partial charge in [0.25, 0.3) is 0 Å². The number of carbonyl (C=O) groups is 1. The van der Waals surface area contributed by atoms with Crippen LogP contribution in [0.3, 0.4) is 0 Å². The molecule has 0 aromatic carbocycles. The third-order valence-electron chi connectivity index (χ3n) is 5.44. The lowest BCUT2D eigenvalue weighted by atomic mass is 10.1. The summed E-state index contributed by atoms with van der Waals surface area (Å²) in [6.07, 6.45) is 8.28. The number of anilines is 3. The lowest BCUT2D eigenvalue weighted by Gasteiger charge is -2.37. The Balaban J connectivity index is 1.71. The smallest absolute Gasteiger partial charge is 0.163 e. The van der Waals surface area contributed by atoms with E-state index >= 15 is 0 Å². The molecule has 4 rings (SSSR count). The highest BCUT2D eigenvalue weighted by molar-refractivity contribution is 5.99. The third-order valence-corrected chi connectivity index (χ3v) is 5.44. The van der Waals surface area contributed by atoms with Crippen LogP contribution in [-0.4, -0.2) is 53.0 Å². The first-order valence-electron chi connectivity index (χ1n) is 10.2. The van der Waals surface area contributed by atoms with Crippen LogP contribution < -0.4 is 15.6 Å². The summed E-state index contributed by atoms with van der Waals surface area (Å²) in [4.78, 5) is 21.4. The van der Waals surface area contributed by atoms with Crippen LogP contribution in [-0.2, 0) is 0 Å². The highest BCUT2D eigenvalue weighted by Crippen LogP contribution is 2.30. The van der Waals surface area contributed by atoms with E-state index in [-0.39, 0.29) is 5.78 Å². The molecule has 0 spiro atoms. The maximum atomic E-state index is 12.2. The fourth-order valence-electron chi connectivity index (χ4n) is 3.99. The summed E-state index contributed by atoms with van der Waals surface area (Å²) in [6, 6.07) is 8.33. The molecule has 1 aliphatic carbocycles. The van der Waals surface area contributed by atoms with Crippen LogP contribution in [0, 0.1) is 0 Å². The Morgan fingerprint density at radius 3 is 2.64 bits per heavy atom. The molecule has 0 unspecified atom stereocenters. The minimum atomic E-state index is 0.0334. The molecule has 1 saturated carbocycles. The number of nitrogens with one attached hydrogen (secondary N) is 2. The molecule has 7 nitrogen and oxygen atoms in total. The molecule has 7 heteroatoms. The van der Waals surface area contributed by atoms with E-state index in [1.54, 1.807) is 19.3 Å². The van der Waals surface area contributed by atoms with E-state index in [9.17, 15) is 4.79 Å². The molecule has 2 aromatic heterocycles. The summed E-state index contributed by atoms with van der Waals surface area (Å²) in [7, 11) is 0. The molecule has 3 heterocycles. The lowest BCUT2D eigenvalue weighted by Crippen LogP contribution is -2.51. The number of piperazine rings is 1. The first-order chi connectivity index (χ1) is 13.7. The molecular formula is C21H28N6O. The third kappa shape index (κ3) is 4.15. The summed E-state index contributed by atoms with van der Waals surface area (Å²) in [5, 5.41) is 11.3. The van der Waals surface area contributed by atoms with Crippen molar-refractivity contribution in [1.82, 2.24) is 20.3 Å². The normalized spacial score (nSPS) is 18.2. The maximum absolute atomic E-state index is 12.2. The van der Waals surface area contributed by atoms with Crippen molar-refractivity contribution in [3.05, 3.63) is 42.2 Å². The van der Waals surface area contributed by atoms with Gasteiger partial charge in [0.2, 0.25) is 0 Å². The number of hydrogen-bond donors (Lipinski definition) is 2. The molecule has 2 aliphatic rings. The zero-order chi connectivity index (χ0) is 19.3. The SMILES string of the molecule is CC(=O)c1cnc(N(c2ccccn2)N2CCNCC2)cc1NC1CCCC1. The number of hydrazine groups is 1. The fraction of sp³-hybridized carbons (Fsp3) is 0.476. The summed E-state index contributed by atoms with van der Waals surface area (Å²) in [5.41, 5.74) is 1.53. The van der Waals surface area contributed by atoms with Crippen molar-refractivity contribution >= 4 is 23.1 Å². The Kier molecular flexibility index (Phi) is 5.83. The molecule has 148 valence electrons. The zero-order valence-corrected chi connectivity index (χ0v) is 16.4. The van der Waals surface area contributed by atoms with Gasteiger partial charge in [-0.1, -0.05) is 18.9 Å². The predicted molar refractivity (Wildman–Crippen MR) is 111 cm³/mol. The number of ketones is 1. The average Bonchev–Trinajstić information content (AvgIpc) is 3.23. The Morgan fingerprint density at radius 1 is 1.18 bits per heavy atom. The van der Waals surface area contributed by atoms with Crippen molar-refractivity contribution in [3.8, 4) is 0 Å². The van der Waals surface area contributed by atoms with Gasteiger partial charge in [-0.2, -0.15) is 0 Å². The Labute approximate surface area is 166 Å². The van der Waals surface area contributed by atoms with E-state index in [1.807, 2.05) is 24.3 Å². The molecule has 2 N–H and O–H groups in total. The van der Waals surface area contributed by atoms with E-state index in [4.69, 9.17) is 0 Å². The molecule has 0 radical (unpaired) electrons. The Bertz CT molecular complexity index is 800. The van der Waals surface area contributed by atoms with Crippen LogP contribution in [0.15, 0.2) is 36.7 Å². The maximum Gasteiger partial charge on any atom is 0.163 e. The number of carbonyl (C=O) groups excluding carboxylic acids is 1. The molecule has 1 saturated heterocycles.